The standard InChI is InChI=1S/C84H157NO8/c1-3-5-7-9-11-13-15-17-19-21-23-25-27-29-31-33-35-36-37-38-39-40-41-42-44-46-48-50-52-54-56-58-60-62-64-66-68-70-72-74-80(88)85-77(76-92-84-83(91)82(90)81(89)79(75-86)93-84)78(87)73-71-69-67-65-63-61-59-57-55-53-51-49-47-45-43-34-32-30-28-26-24-22-20-18-16-14-12-10-8-6-4-2/h15,17,21,23,27,29,63,65,71,73,77-79,81-84,86-87,89-91H,3-14,16,18-20,22,24-26,28,30-62,64,66-70,72,74-76H2,1-2H3,(H,85,88)/b17-15-,23-21-,29-27-,65-63+,73-71+. The molecule has 0 saturated carbocycles. The van der Waals surface area contributed by atoms with Crippen LogP contribution in [0.25, 0.3) is 0 Å². The number of aliphatic hydroxyl groups is 5. The van der Waals surface area contributed by atoms with E-state index in [9.17, 15) is 30.3 Å². The molecule has 1 rings (SSSR count). The molecule has 9 heteroatoms. The van der Waals surface area contributed by atoms with Crippen LogP contribution in [0.15, 0.2) is 60.8 Å². The molecule has 0 spiro atoms. The summed E-state index contributed by atoms with van der Waals surface area (Å²) in [5.41, 5.74) is 0. The average molecular weight is 1310 g/mol. The van der Waals surface area contributed by atoms with E-state index in [1.165, 1.54) is 340 Å². The van der Waals surface area contributed by atoms with Gasteiger partial charge in [-0.25, -0.2) is 0 Å². The first-order valence-electron chi connectivity index (χ1n) is 41.0. The molecule has 0 bridgehead atoms. The van der Waals surface area contributed by atoms with Gasteiger partial charge < -0.3 is 40.3 Å². The highest BCUT2D eigenvalue weighted by atomic mass is 16.7. The molecular weight excluding hydrogens is 1150 g/mol. The lowest BCUT2D eigenvalue weighted by Gasteiger charge is -2.40. The van der Waals surface area contributed by atoms with E-state index in [1.54, 1.807) is 6.08 Å². The van der Waals surface area contributed by atoms with Crippen molar-refractivity contribution in [1.82, 2.24) is 5.32 Å². The molecule has 0 aliphatic carbocycles. The molecule has 1 fully saturated rings. The molecular formula is C84H157NO8. The van der Waals surface area contributed by atoms with Crippen molar-refractivity contribution in [3.05, 3.63) is 60.8 Å². The number of rotatable bonds is 73. The third-order valence-electron chi connectivity index (χ3n) is 19.6. The number of hydrogen-bond acceptors (Lipinski definition) is 8. The Morgan fingerprint density at radius 1 is 0.366 bits per heavy atom. The van der Waals surface area contributed by atoms with Gasteiger partial charge in [-0.05, 0) is 70.6 Å². The van der Waals surface area contributed by atoms with Crippen LogP contribution in [0.5, 0.6) is 0 Å². The number of amides is 1. The van der Waals surface area contributed by atoms with Crippen LogP contribution in [-0.4, -0.2) is 87.5 Å². The van der Waals surface area contributed by atoms with E-state index < -0.39 is 49.5 Å². The summed E-state index contributed by atoms with van der Waals surface area (Å²) in [5.74, 6) is -0.179. The van der Waals surface area contributed by atoms with E-state index in [4.69, 9.17) is 9.47 Å². The maximum atomic E-state index is 13.2. The zero-order chi connectivity index (χ0) is 67.1. The Kier molecular flexibility index (Phi) is 69.4. The zero-order valence-electron chi connectivity index (χ0n) is 61.5. The van der Waals surface area contributed by atoms with Crippen molar-refractivity contribution in [2.24, 2.45) is 0 Å². The molecule has 6 N–H and O–H groups in total. The van der Waals surface area contributed by atoms with Crippen LogP contribution >= 0.6 is 0 Å². The highest BCUT2D eigenvalue weighted by Gasteiger charge is 2.44. The number of carbonyl (C=O) groups excluding carboxylic acids is 1. The summed E-state index contributed by atoms with van der Waals surface area (Å²) in [5, 5.41) is 54.9. The lowest BCUT2D eigenvalue weighted by atomic mass is 9.99. The first kappa shape index (κ1) is 88.9. The summed E-state index contributed by atoms with van der Waals surface area (Å²) < 4.78 is 11.3. The van der Waals surface area contributed by atoms with Gasteiger partial charge in [-0.3, -0.25) is 4.79 Å². The van der Waals surface area contributed by atoms with Gasteiger partial charge in [0.05, 0.1) is 25.4 Å². The molecule has 1 aliphatic rings. The van der Waals surface area contributed by atoms with E-state index in [2.05, 4.69) is 67.8 Å². The van der Waals surface area contributed by atoms with Crippen molar-refractivity contribution >= 4 is 5.91 Å². The molecule has 546 valence electrons. The summed E-state index contributed by atoms with van der Waals surface area (Å²) in [4.78, 5) is 13.2. The number of carbonyl (C=O) groups is 1. The van der Waals surface area contributed by atoms with E-state index >= 15 is 0 Å². The van der Waals surface area contributed by atoms with E-state index in [1.807, 2.05) is 6.08 Å². The van der Waals surface area contributed by atoms with Crippen LogP contribution in [0.3, 0.4) is 0 Å². The Balaban J connectivity index is 2.06. The van der Waals surface area contributed by atoms with Crippen molar-refractivity contribution < 1.29 is 39.8 Å². The third kappa shape index (κ3) is 60.8. The fourth-order valence-corrected chi connectivity index (χ4v) is 13.2. The molecule has 0 radical (unpaired) electrons. The predicted molar refractivity (Wildman–Crippen MR) is 401 cm³/mol. The molecule has 9 nitrogen and oxygen atoms in total. The van der Waals surface area contributed by atoms with Gasteiger partial charge in [-0.1, -0.05) is 396 Å². The Morgan fingerprint density at radius 2 is 0.645 bits per heavy atom. The highest BCUT2D eigenvalue weighted by molar-refractivity contribution is 5.76. The minimum atomic E-state index is -1.57. The molecule has 0 aromatic carbocycles. The number of unbranched alkanes of at least 4 members (excludes halogenated alkanes) is 55. The maximum absolute atomic E-state index is 13.2. The minimum Gasteiger partial charge on any atom is -0.394 e. The quantitative estimate of drug-likeness (QED) is 0.0261. The first-order chi connectivity index (χ1) is 45.8. The predicted octanol–water partition coefficient (Wildman–Crippen LogP) is 23.7. The molecule has 1 saturated heterocycles. The van der Waals surface area contributed by atoms with Gasteiger partial charge in [-0.15, -0.1) is 0 Å². The number of ether oxygens (including phenoxy) is 2. The smallest absolute Gasteiger partial charge is 0.220 e. The normalized spacial score (nSPS) is 17.9. The van der Waals surface area contributed by atoms with Crippen LogP contribution in [0.1, 0.15) is 412 Å². The third-order valence-corrected chi connectivity index (χ3v) is 19.6. The fourth-order valence-electron chi connectivity index (χ4n) is 13.2. The van der Waals surface area contributed by atoms with Gasteiger partial charge in [-0.2, -0.15) is 0 Å². The topological polar surface area (TPSA) is 149 Å². The Morgan fingerprint density at radius 3 is 0.978 bits per heavy atom. The summed E-state index contributed by atoms with van der Waals surface area (Å²) in [6.07, 6.45) is 95.3. The van der Waals surface area contributed by atoms with Gasteiger partial charge in [0.25, 0.3) is 0 Å². The number of hydrogen-bond donors (Lipinski definition) is 6. The van der Waals surface area contributed by atoms with Crippen LogP contribution < -0.4 is 5.32 Å². The van der Waals surface area contributed by atoms with Crippen molar-refractivity contribution in [1.29, 1.82) is 0 Å². The average Bonchev–Trinajstić information content (AvgIpc) is 1.02. The van der Waals surface area contributed by atoms with E-state index in [0.29, 0.717) is 6.42 Å². The second-order valence-electron chi connectivity index (χ2n) is 28.6. The molecule has 0 aromatic heterocycles. The highest BCUT2D eigenvalue weighted by Crippen LogP contribution is 2.24. The van der Waals surface area contributed by atoms with Crippen LogP contribution in [0, 0.1) is 0 Å². The summed E-state index contributed by atoms with van der Waals surface area (Å²) in [6.45, 7) is 3.81. The second-order valence-corrected chi connectivity index (χ2v) is 28.6. The summed E-state index contributed by atoms with van der Waals surface area (Å²) in [6, 6.07) is -0.824. The molecule has 1 amide bonds. The van der Waals surface area contributed by atoms with Crippen LogP contribution in [0.2, 0.25) is 0 Å². The molecule has 7 unspecified atom stereocenters. The first-order valence-corrected chi connectivity index (χ1v) is 41.0. The van der Waals surface area contributed by atoms with Crippen molar-refractivity contribution in [3.63, 3.8) is 0 Å². The van der Waals surface area contributed by atoms with Crippen LogP contribution in [0.4, 0.5) is 0 Å². The van der Waals surface area contributed by atoms with E-state index in [0.717, 1.165) is 51.4 Å². The summed E-state index contributed by atoms with van der Waals surface area (Å²) >= 11 is 0. The molecule has 1 heterocycles. The van der Waals surface area contributed by atoms with Gasteiger partial charge >= 0.3 is 0 Å². The van der Waals surface area contributed by atoms with Gasteiger partial charge in [0, 0.05) is 6.42 Å². The minimum absolute atomic E-state index is 0.179. The lowest BCUT2D eigenvalue weighted by molar-refractivity contribution is -0.302. The fraction of sp³-hybridized carbons (Fsp3) is 0.869. The maximum Gasteiger partial charge on any atom is 0.220 e. The molecule has 93 heavy (non-hydrogen) atoms. The van der Waals surface area contributed by atoms with Crippen LogP contribution in [-0.2, 0) is 14.3 Å². The van der Waals surface area contributed by atoms with Crippen molar-refractivity contribution in [3.8, 4) is 0 Å². The second kappa shape index (κ2) is 72.6. The Labute approximate surface area is 576 Å². The largest absolute Gasteiger partial charge is 0.394 e. The van der Waals surface area contributed by atoms with Crippen molar-refractivity contribution in [2.45, 2.75) is 455 Å². The monoisotopic (exact) mass is 1310 g/mol. The summed E-state index contributed by atoms with van der Waals surface area (Å²) in [7, 11) is 0. The van der Waals surface area contributed by atoms with Gasteiger partial charge in [0.1, 0.15) is 24.4 Å². The number of aliphatic hydroxyl groups excluding tert-OH is 5. The Bertz CT molecular complexity index is 1660. The van der Waals surface area contributed by atoms with Crippen molar-refractivity contribution in [2.75, 3.05) is 13.2 Å². The molecule has 0 aromatic rings. The molecule has 7 atom stereocenters. The SMILES string of the molecule is CCCCCCC/C=C\C/C=C\C/C=C\CCCCCCCCCCCCCCCCCCCCCCCCCCC(=O)NC(COC1OC(CO)C(O)C(O)C1O)C(O)/C=C/CC/C=C/CCCCCCCCCCCCCCCCCCCCCCCCCCC. The van der Waals surface area contributed by atoms with E-state index in [-0.39, 0.29) is 12.5 Å². The molecule has 1 aliphatic heterocycles. The number of allylic oxidation sites excluding steroid dienone is 9. The Hall–Kier alpha value is -2.11. The lowest BCUT2D eigenvalue weighted by Crippen LogP contribution is -2.60. The zero-order valence-corrected chi connectivity index (χ0v) is 61.5. The van der Waals surface area contributed by atoms with Gasteiger partial charge in [0.15, 0.2) is 6.29 Å². The number of nitrogens with one attached hydrogen (secondary N) is 1. The van der Waals surface area contributed by atoms with Gasteiger partial charge in [0.2, 0.25) is 5.91 Å².